The molecule has 5 rings (SSSR count). The van der Waals surface area contributed by atoms with Crippen LogP contribution in [-0.2, 0) is 4.79 Å². The van der Waals surface area contributed by atoms with Crippen LogP contribution in [0.25, 0.3) is 15.3 Å². The number of carbonyl (C=O) groups excluding carboxylic acids is 1. The number of carbonyl (C=O) groups is 1. The van der Waals surface area contributed by atoms with Gasteiger partial charge in [-0.2, -0.15) is 9.78 Å². The molecule has 0 saturated heterocycles. The summed E-state index contributed by atoms with van der Waals surface area (Å²) in [5.74, 6) is 2.18. The summed E-state index contributed by atoms with van der Waals surface area (Å²) < 4.78 is 14.1. The van der Waals surface area contributed by atoms with Gasteiger partial charge in [-0.1, -0.05) is 23.5 Å². The van der Waals surface area contributed by atoms with Crippen molar-refractivity contribution in [2.24, 2.45) is 0 Å². The van der Waals surface area contributed by atoms with Gasteiger partial charge < -0.3 is 14.8 Å². The van der Waals surface area contributed by atoms with E-state index in [1.165, 1.54) is 11.3 Å². The third kappa shape index (κ3) is 3.60. The van der Waals surface area contributed by atoms with Crippen molar-refractivity contribution < 1.29 is 14.3 Å². The first-order chi connectivity index (χ1) is 15.6. The van der Waals surface area contributed by atoms with Gasteiger partial charge in [-0.15, -0.1) is 0 Å². The Morgan fingerprint density at radius 3 is 2.69 bits per heavy atom. The molecule has 4 aromatic rings. The van der Waals surface area contributed by atoms with Gasteiger partial charge in [0.2, 0.25) is 11.0 Å². The summed E-state index contributed by atoms with van der Waals surface area (Å²) in [7, 11) is 0. The second-order valence-electron chi connectivity index (χ2n) is 7.63. The van der Waals surface area contributed by atoms with Crippen molar-refractivity contribution in [1.29, 1.82) is 0 Å². The number of benzene rings is 2. The Morgan fingerprint density at radius 1 is 1.12 bits per heavy atom. The average molecular weight is 449 g/mol. The molecule has 0 fully saturated rings. The predicted octanol–water partition coefficient (Wildman–Crippen LogP) is 5.06. The van der Waals surface area contributed by atoms with Crippen LogP contribution in [0.2, 0.25) is 0 Å². The topological polar surface area (TPSA) is 78.3 Å². The van der Waals surface area contributed by atoms with Crippen LogP contribution < -0.4 is 14.8 Å². The Kier molecular flexibility index (Phi) is 5.30. The molecule has 0 aliphatic carbocycles. The van der Waals surface area contributed by atoms with E-state index in [4.69, 9.17) is 19.6 Å². The molecular weight excluding hydrogens is 424 g/mol. The number of anilines is 1. The van der Waals surface area contributed by atoms with Gasteiger partial charge in [0.25, 0.3) is 0 Å². The maximum absolute atomic E-state index is 12.7. The highest BCUT2D eigenvalue weighted by Crippen LogP contribution is 2.41. The molecule has 164 valence electrons. The minimum atomic E-state index is -0.0909. The van der Waals surface area contributed by atoms with Gasteiger partial charge in [0.15, 0.2) is 0 Å². The summed E-state index contributed by atoms with van der Waals surface area (Å²) in [6.45, 7) is 7.11. The maximum Gasteiger partial charge on any atom is 0.226 e. The molecule has 1 aliphatic heterocycles. The number of ether oxygens (including phenoxy) is 2. The second-order valence-corrected chi connectivity index (χ2v) is 8.64. The van der Waals surface area contributed by atoms with Crippen molar-refractivity contribution in [1.82, 2.24) is 14.8 Å². The van der Waals surface area contributed by atoms with Crippen molar-refractivity contribution in [2.75, 3.05) is 18.5 Å². The Hall–Kier alpha value is -3.39. The van der Waals surface area contributed by atoms with Crippen molar-refractivity contribution in [3.8, 4) is 16.6 Å². The Balaban J connectivity index is 1.59. The quantitative estimate of drug-likeness (QED) is 0.446. The molecule has 0 unspecified atom stereocenters. The average Bonchev–Trinajstić information content (AvgIpc) is 3.34. The number of aryl methyl sites for hydroxylation is 1. The first-order valence-corrected chi connectivity index (χ1v) is 11.5. The summed E-state index contributed by atoms with van der Waals surface area (Å²) in [4.78, 5) is 17.4. The number of rotatable bonds is 6. The molecule has 1 amide bonds. The number of nitrogens with zero attached hydrogens (tertiary/aromatic N) is 3. The molecule has 0 saturated carbocycles. The number of fused-ring (bicyclic) bond motifs is 2. The van der Waals surface area contributed by atoms with Crippen LogP contribution in [0, 0.1) is 6.92 Å². The van der Waals surface area contributed by atoms with E-state index in [1.807, 2.05) is 63.2 Å². The number of nitrogens with one attached hydrogen (secondary N) is 1. The Bertz CT molecular complexity index is 1310. The van der Waals surface area contributed by atoms with Crippen LogP contribution in [0.1, 0.15) is 43.0 Å². The van der Waals surface area contributed by atoms with E-state index in [9.17, 15) is 4.79 Å². The highest BCUT2D eigenvalue weighted by atomic mass is 32.1. The first-order valence-electron chi connectivity index (χ1n) is 10.7. The fourth-order valence-corrected chi connectivity index (χ4v) is 5.15. The van der Waals surface area contributed by atoms with E-state index in [0.717, 1.165) is 38.5 Å². The van der Waals surface area contributed by atoms with Gasteiger partial charge in [0.05, 0.1) is 29.1 Å². The molecule has 0 bridgehead atoms. The zero-order valence-corrected chi connectivity index (χ0v) is 19.0. The standard InChI is InChI=1S/C24H24N4O3S/c1-4-30-16-8-6-7-15(11-16)18-13-21(29)26-23-22(18)14(3)27-28(23)24-25-19-10-9-17(31-5-2)12-20(19)32-24/h6-12,18H,4-5,13H2,1-3H3,(H,26,29)/t18-/m1/s1. The lowest BCUT2D eigenvalue weighted by molar-refractivity contribution is -0.116. The number of aromatic nitrogens is 3. The van der Waals surface area contributed by atoms with E-state index < -0.39 is 0 Å². The minimum absolute atomic E-state index is 0.0368. The molecule has 0 radical (unpaired) electrons. The molecule has 3 heterocycles. The lowest BCUT2D eigenvalue weighted by Gasteiger charge is -2.24. The van der Waals surface area contributed by atoms with E-state index in [-0.39, 0.29) is 11.8 Å². The van der Waals surface area contributed by atoms with Crippen molar-refractivity contribution >= 4 is 33.3 Å². The predicted molar refractivity (Wildman–Crippen MR) is 125 cm³/mol. The highest BCUT2D eigenvalue weighted by molar-refractivity contribution is 7.20. The summed E-state index contributed by atoms with van der Waals surface area (Å²) in [5.41, 5.74) is 3.81. The molecule has 2 aromatic carbocycles. The number of hydrogen-bond acceptors (Lipinski definition) is 6. The number of amides is 1. The molecular formula is C24H24N4O3S. The van der Waals surface area contributed by atoms with Gasteiger partial charge in [-0.3, -0.25) is 4.79 Å². The third-order valence-electron chi connectivity index (χ3n) is 5.51. The molecule has 1 N–H and O–H groups in total. The summed E-state index contributed by atoms with van der Waals surface area (Å²) in [5, 5.41) is 8.52. The van der Waals surface area contributed by atoms with Crippen LogP contribution >= 0.6 is 11.3 Å². The molecule has 1 aliphatic rings. The third-order valence-corrected chi connectivity index (χ3v) is 6.51. The normalized spacial score (nSPS) is 15.5. The molecule has 0 spiro atoms. The Labute approximate surface area is 190 Å². The van der Waals surface area contributed by atoms with Crippen LogP contribution in [0.3, 0.4) is 0 Å². The monoisotopic (exact) mass is 448 g/mol. The molecule has 32 heavy (non-hydrogen) atoms. The lowest BCUT2D eigenvalue weighted by Crippen LogP contribution is -2.25. The van der Waals surface area contributed by atoms with Crippen molar-refractivity contribution in [2.45, 2.75) is 33.1 Å². The minimum Gasteiger partial charge on any atom is -0.494 e. The fourth-order valence-electron chi connectivity index (χ4n) is 4.20. The molecule has 8 heteroatoms. The SMILES string of the molecule is CCOc1cccc([C@H]2CC(=O)Nc3c2c(C)nn3-c2nc3ccc(OCC)cc3s2)c1. The van der Waals surface area contributed by atoms with E-state index in [0.29, 0.717) is 30.6 Å². The van der Waals surface area contributed by atoms with E-state index in [1.54, 1.807) is 4.68 Å². The van der Waals surface area contributed by atoms with Gasteiger partial charge in [0, 0.05) is 17.9 Å². The van der Waals surface area contributed by atoms with Gasteiger partial charge in [0.1, 0.15) is 17.3 Å². The van der Waals surface area contributed by atoms with Crippen molar-refractivity contribution in [3.05, 3.63) is 59.3 Å². The van der Waals surface area contributed by atoms with Crippen LogP contribution in [0.15, 0.2) is 42.5 Å². The number of hydrogen-bond donors (Lipinski definition) is 1. The Morgan fingerprint density at radius 2 is 1.91 bits per heavy atom. The van der Waals surface area contributed by atoms with Crippen molar-refractivity contribution in [3.63, 3.8) is 0 Å². The van der Waals surface area contributed by atoms with Gasteiger partial charge in [-0.25, -0.2) is 4.98 Å². The maximum atomic E-state index is 12.7. The van der Waals surface area contributed by atoms with Gasteiger partial charge >= 0.3 is 0 Å². The van der Waals surface area contributed by atoms with E-state index in [2.05, 4.69) is 5.32 Å². The van der Waals surface area contributed by atoms with Crippen LogP contribution in [-0.4, -0.2) is 33.9 Å². The lowest BCUT2D eigenvalue weighted by atomic mass is 9.86. The molecule has 1 atom stereocenters. The van der Waals surface area contributed by atoms with Crippen LogP contribution in [0.4, 0.5) is 5.82 Å². The second kappa shape index (κ2) is 8.27. The molecule has 7 nitrogen and oxygen atoms in total. The van der Waals surface area contributed by atoms with E-state index >= 15 is 0 Å². The largest absolute Gasteiger partial charge is 0.494 e. The summed E-state index contributed by atoms with van der Waals surface area (Å²) in [6, 6.07) is 13.8. The van der Waals surface area contributed by atoms with Gasteiger partial charge in [-0.05, 0) is 56.7 Å². The number of thiazole rings is 1. The molecule has 2 aromatic heterocycles. The summed E-state index contributed by atoms with van der Waals surface area (Å²) in [6.07, 6.45) is 0.368. The smallest absolute Gasteiger partial charge is 0.226 e. The fraction of sp³-hybridized carbons (Fsp3) is 0.292. The zero-order valence-electron chi connectivity index (χ0n) is 18.2. The zero-order chi connectivity index (χ0) is 22.2. The first kappa shape index (κ1) is 20.5. The highest BCUT2D eigenvalue weighted by Gasteiger charge is 2.33. The summed E-state index contributed by atoms with van der Waals surface area (Å²) >= 11 is 1.52. The van der Waals surface area contributed by atoms with Crippen LogP contribution in [0.5, 0.6) is 11.5 Å².